The fraction of sp³-hybridized carbons (Fsp3) is 0.692. The zero-order valence-corrected chi connectivity index (χ0v) is 49.9. The Bertz CT molecular complexity index is 1650. The van der Waals surface area contributed by atoms with Crippen molar-refractivity contribution in [2.24, 2.45) is 0 Å². The number of rotatable bonds is 53. The maximum Gasteiger partial charge on any atom is 0.306 e. The predicted octanol–water partition coefficient (Wildman–Crippen LogP) is 17.9. The van der Waals surface area contributed by atoms with E-state index in [1.807, 2.05) is 33.3 Å². The Kier molecular flexibility index (Phi) is 51.6. The topological polar surface area (TPSA) is 114 Å². The highest BCUT2D eigenvalue weighted by atomic mass is 31.2. The molecule has 0 saturated heterocycles. The molecule has 0 bridgehead atoms. The van der Waals surface area contributed by atoms with E-state index in [9.17, 15) is 19.0 Å². The number of hydrogen-bond acceptors (Lipinski definition) is 7. The van der Waals surface area contributed by atoms with E-state index in [1.54, 1.807) is 0 Å². The van der Waals surface area contributed by atoms with Gasteiger partial charge in [-0.15, -0.1) is 0 Å². The number of hydrogen-bond donors (Lipinski definition) is 1. The number of ether oxygens (including phenoxy) is 1. The number of allylic oxidation sites excluding steroid dienone is 17. The van der Waals surface area contributed by atoms with E-state index < -0.39 is 26.6 Å². The Morgan fingerprint density at radius 3 is 1.39 bits per heavy atom. The Hall–Kier alpha value is -3.33. The van der Waals surface area contributed by atoms with Crippen LogP contribution < -0.4 is 10.2 Å². The lowest BCUT2D eigenvalue weighted by Gasteiger charge is -2.30. The van der Waals surface area contributed by atoms with Crippen LogP contribution in [0.2, 0.25) is 0 Å². The molecular weight excluding hydrogens is 952 g/mol. The summed E-state index contributed by atoms with van der Waals surface area (Å²) in [4.78, 5) is 39.9. The van der Waals surface area contributed by atoms with E-state index in [2.05, 4.69) is 123 Å². The minimum atomic E-state index is -4.71. The molecule has 0 heterocycles. The summed E-state index contributed by atoms with van der Waals surface area (Å²) in [5, 5.41) is 3.01. The van der Waals surface area contributed by atoms with Gasteiger partial charge in [0, 0.05) is 12.8 Å². The van der Waals surface area contributed by atoms with Crippen LogP contribution in [0.5, 0.6) is 0 Å². The molecule has 0 aliphatic carbocycles. The molecule has 0 spiro atoms. The molecule has 0 radical (unpaired) electrons. The monoisotopic (exact) mass is 1060 g/mol. The second-order valence-electron chi connectivity index (χ2n) is 21.1. The molecule has 0 saturated carbocycles. The van der Waals surface area contributed by atoms with Crippen LogP contribution in [0.25, 0.3) is 0 Å². The van der Waals surface area contributed by atoms with Crippen molar-refractivity contribution in [3.8, 4) is 0 Å². The largest absolute Gasteiger partial charge is 0.756 e. The summed E-state index contributed by atoms with van der Waals surface area (Å²) >= 11 is 0. The average Bonchev–Trinajstić information content (AvgIpc) is 3.37. The van der Waals surface area contributed by atoms with Crippen molar-refractivity contribution in [1.29, 1.82) is 0 Å². The van der Waals surface area contributed by atoms with E-state index in [1.165, 1.54) is 64.2 Å². The minimum Gasteiger partial charge on any atom is -0.756 e. The highest BCUT2D eigenvalue weighted by molar-refractivity contribution is 7.45. The number of amides is 1. The summed E-state index contributed by atoms with van der Waals surface area (Å²) in [7, 11) is 1.14. The number of nitrogens with one attached hydrogen (secondary N) is 1. The van der Waals surface area contributed by atoms with Crippen LogP contribution in [0.3, 0.4) is 0 Å². The van der Waals surface area contributed by atoms with Crippen LogP contribution in [0.15, 0.2) is 109 Å². The first-order valence-electron chi connectivity index (χ1n) is 30.2. The van der Waals surface area contributed by atoms with Gasteiger partial charge in [0.2, 0.25) is 5.91 Å². The quantitative estimate of drug-likeness (QED) is 0.0161. The summed E-state index contributed by atoms with van der Waals surface area (Å²) in [6.07, 6.45) is 73.4. The first-order chi connectivity index (χ1) is 36.4. The number of esters is 1. The number of unbranched alkanes of at least 4 members (excludes halogenated alkanes) is 22. The number of phosphoric ester groups is 1. The van der Waals surface area contributed by atoms with Crippen LogP contribution in [0.4, 0.5) is 0 Å². The summed E-state index contributed by atoms with van der Waals surface area (Å²) in [5.41, 5.74) is 0. The highest BCUT2D eigenvalue weighted by Crippen LogP contribution is 2.38. The van der Waals surface area contributed by atoms with Gasteiger partial charge in [-0.3, -0.25) is 14.2 Å². The maximum atomic E-state index is 13.5. The lowest BCUT2D eigenvalue weighted by Crippen LogP contribution is -2.47. The van der Waals surface area contributed by atoms with Crippen molar-refractivity contribution in [3.05, 3.63) is 109 Å². The number of phosphoric acid groups is 1. The summed E-state index contributed by atoms with van der Waals surface area (Å²) in [6, 6.07) is -0.911. The third-order valence-corrected chi connectivity index (χ3v) is 13.7. The molecule has 0 aromatic heterocycles. The number of nitrogens with zero attached hydrogens (tertiary/aromatic N) is 1. The molecule has 430 valence electrons. The normalized spacial score (nSPS) is 14.5. The molecule has 0 fully saturated rings. The van der Waals surface area contributed by atoms with Crippen molar-refractivity contribution < 1.29 is 37.3 Å². The van der Waals surface area contributed by atoms with Crippen LogP contribution in [-0.2, 0) is 27.9 Å². The summed E-state index contributed by atoms with van der Waals surface area (Å²) in [6.45, 7) is 6.65. The third kappa shape index (κ3) is 55.2. The van der Waals surface area contributed by atoms with Crippen molar-refractivity contribution >= 4 is 19.7 Å². The molecule has 0 aliphatic rings. The summed E-state index contributed by atoms with van der Waals surface area (Å²) in [5.74, 6) is -0.591. The molecule has 3 atom stereocenters. The van der Waals surface area contributed by atoms with Crippen LogP contribution in [0, 0.1) is 0 Å². The molecule has 10 heteroatoms. The number of quaternary nitrogens is 1. The maximum absolute atomic E-state index is 13.5. The number of likely N-dealkylation sites (N-methyl/N-ethyl adjacent to an activating group) is 1. The lowest BCUT2D eigenvalue weighted by atomic mass is 10.1. The SMILES string of the molecule is CC/C=C\C/C=C\C/C=C\C/C=C\C/C=C\C/C=C\CCCCCCC(=O)OC(/C=C\CCCCCCCCCCC)C(COP(=O)([O-])OCC[N+](C)(C)C)NC(=O)CCCCCCCC/C=C/C=C/CCCCC. The third-order valence-electron chi connectivity index (χ3n) is 12.7. The molecule has 1 N–H and O–H groups in total. The van der Waals surface area contributed by atoms with E-state index >= 15 is 0 Å². The van der Waals surface area contributed by atoms with Gasteiger partial charge in [-0.1, -0.05) is 227 Å². The van der Waals surface area contributed by atoms with Gasteiger partial charge in [-0.25, -0.2) is 0 Å². The highest BCUT2D eigenvalue weighted by Gasteiger charge is 2.27. The molecule has 0 aromatic carbocycles. The standard InChI is InChI=1S/C65H113N2O7P/c1-7-10-13-16-19-22-25-27-29-30-31-32-33-34-35-36-38-40-43-46-49-52-55-58-65(69)74-63(56-53-50-47-44-41-24-21-18-15-12-9-3)62(61-73-75(70,71)72-60-59-67(4,5)6)66-64(68)57-54-51-48-45-42-39-37-28-26-23-20-17-14-11-8-2/h10,13,19-20,22-23,26-29,31-32,34-35,38,40,53,56,62-63H,7-9,11-12,14-18,21,24-25,30,33,36-37,39,41-52,54-55,57-61H2,1-6H3,(H-,66,68,70,71)/b13-10-,22-19-,23-20+,28-26+,29-27-,32-31-,35-34-,40-38-,56-53-. The van der Waals surface area contributed by atoms with Crippen molar-refractivity contribution in [2.75, 3.05) is 40.9 Å². The van der Waals surface area contributed by atoms with Gasteiger partial charge in [0.15, 0.2) is 0 Å². The van der Waals surface area contributed by atoms with Gasteiger partial charge in [0.25, 0.3) is 7.82 Å². The second kappa shape index (κ2) is 54.0. The van der Waals surface area contributed by atoms with E-state index in [0.717, 1.165) is 135 Å². The second-order valence-corrected chi connectivity index (χ2v) is 22.6. The molecule has 9 nitrogen and oxygen atoms in total. The van der Waals surface area contributed by atoms with Crippen molar-refractivity contribution in [2.45, 2.75) is 251 Å². The van der Waals surface area contributed by atoms with Gasteiger partial charge >= 0.3 is 5.97 Å². The number of carbonyl (C=O) groups is 2. The van der Waals surface area contributed by atoms with Crippen LogP contribution in [0.1, 0.15) is 239 Å². The molecule has 3 unspecified atom stereocenters. The Morgan fingerprint density at radius 1 is 0.493 bits per heavy atom. The predicted molar refractivity (Wildman–Crippen MR) is 320 cm³/mol. The first-order valence-corrected chi connectivity index (χ1v) is 31.7. The van der Waals surface area contributed by atoms with Crippen LogP contribution >= 0.6 is 7.82 Å². The van der Waals surface area contributed by atoms with Crippen molar-refractivity contribution in [1.82, 2.24) is 5.32 Å². The smallest absolute Gasteiger partial charge is 0.306 e. The fourth-order valence-electron chi connectivity index (χ4n) is 8.04. The van der Waals surface area contributed by atoms with E-state index in [4.69, 9.17) is 13.8 Å². The zero-order chi connectivity index (χ0) is 55.0. The molecule has 0 aliphatic heterocycles. The Morgan fingerprint density at radius 2 is 0.893 bits per heavy atom. The van der Waals surface area contributed by atoms with E-state index in [-0.39, 0.29) is 24.9 Å². The van der Waals surface area contributed by atoms with Gasteiger partial charge in [-0.2, -0.15) is 0 Å². The molecular formula is C65H113N2O7P. The van der Waals surface area contributed by atoms with Crippen LogP contribution in [-0.4, -0.2) is 69.4 Å². The summed E-state index contributed by atoms with van der Waals surface area (Å²) < 4.78 is 30.2. The van der Waals surface area contributed by atoms with Gasteiger partial charge in [-0.05, 0) is 109 Å². The zero-order valence-electron chi connectivity index (χ0n) is 49.0. The lowest BCUT2D eigenvalue weighted by molar-refractivity contribution is -0.870. The molecule has 0 aromatic rings. The average molecular weight is 1070 g/mol. The Labute approximate surface area is 461 Å². The van der Waals surface area contributed by atoms with Crippen molar-refractivity contribution in [3.63, 3.8) is 0 Å². The van der Waals surface area contributed by atoms with E-state index in [0.29, 0.717) is 23.9 Å². The number of carbonyl (C=O) groups excluding carboxylic acids is 2. The molecule has 75 heavy (non-hydrogen) atoms. The fourth-order valence-corrected chi connectivity index (χ4v) is 8.77. The Balaban J connectivity index is 5.30. The minimum absolute atomic E-state index is 0.0347. The van der Waals surface area contributed by atoms with Gasteiger partial charge in [0.1, 0.15) is 19.3 Å². The van der Waals surface area contributed by atoms with Gasteiger partial charge in [0.05, 0.1) is 33.8 Å². The molecule has 1 amide bonds. The first kappa shape index (κ1) is 71.7. The van der Waals surface area contributed by atoms with Gasteiger partial charge < -0.3 is 28.5 Å². The molecule has 0 rings (SSSR count).